The molecular formula is C21H19N7O2S. The van der Waals surface area contributed by atoms with Crippen LogP contribution in [0.3, 0.4) is 0 Å². The number of thioether (sulfide) groups is 1. The minimum Gasteiger partial charge on any atom is -0.340 e. The molecule has 2 heterocycles. The van der Waals surface area contributed by atoms with Crippen molar-refractivity contribution in [2.75, 3.05) is 5.32 Å². The van der Waals surface area contributed by atoms with Crippen LogP contribution < -0.4 is 5.32 Å². The number of nitrogens with zero attached hydrogens (tertiary/aromatic N) is 6. The molecule has 2 aromatic carbocycles. The average molecular weight is 433 g/mol. The topological polar surface area (TPSA) is 112 Å². The minimum absolute atomic E-state index is 0.178. The van der Waals surface area contributed by atoms with E-state index in [2.05, 4.69) is 31.0 Å². The van der Waals surface area contributed by atoms with E-state index in [9.17, 15) is 4.79 Å². The van der Waals surface area contributed by atoms with Crippen LogP contribution in [0.25, 0.3) is 11.4 Å². The third-order valence-corrected chi connectivity index (χ3v) is 5.91. The van der Waals surface area contributed by atoms with Crippen molar-refractivity contribution >= 4 is 23.4 Å². The third kappa shape index (κ3) is 4.33. The molecule has 0 aliphatic heterocycles. The molecular weight excluding hydrogens is 414 g/mol. The molecule has 31 heavy (non-hydrogen) atoms. The summed E-state index contributed by atoms with van der Waals surface area (Å²) in [4.78, 5) is 18.0. The highest BCUT2D eigenvalue weighted by molar-refractivity contribution is 7.98. The van der Waals surface area contributed by atoms with Gasteiger partial charge in [-0.2, -0.15) is 4.98 Å². The van der Waals surface area contributed by atoms with Crippen molar-refractivity contribution in [2.45, 2.75) is 36.5 Å². The summed E-state index contributed by atoms with van der Waals surface area (Å²) in [6.45, 7) is 1.75. The summed E-state index contributed by atoms with van der Waals surface area (Å²) in [7, 11) is 0. The number of amides is 1. The first kappa shape index (κ1) is 19.4. The van der Waals surface area contributed by atoms with Crippen LogP contribution in [-0.2, 0) is 5.75 Å². The number of benzene rings is 2. The Morgan fingerprint density at radius 2 is 2.00 bits per heavy atom. The number of rotatable bonds is 7. The van der Waals surface area contributed by atoms with E-state index in [0.29, 0.717) is 34.8 Å². The first-order chi connectivity index (χ1) is 15.2. The van der Waals surface area contributed by atoms with Crippen molar-refractivity contribution in [2.24, 2.45) is 0 Å². The molecule has 1 saturated carbocycles. The summed E-state index contributed by atoms with van der Waals surface area (Å²) in [5.41, 5.74) is 2.21. The molecule has 1 amide bonds. The van der Waals surface area contributed by atoms with Crippen LogP contribution in [-0.4, -0.2) is 36.3 Å². The van der Waals surface area contributed by atoms with Crippen molar-refractivity contribution in [3.05, 3.63) is 65.8 Å². The van der Waals surface area contributed by atoms with E-state index < -0.39 is 0 Å². The molecule has 156 valence electrons. The number of aromatic nitrogens is 6. The highest BCUT2D eigenvalue weighted by atomic mass is 32.2. The number of carbonyl (C=O) groups is 1. The maximum atomic E-state index is 12.9. The molecule has 1 aliphatic rings. The standard InChI is InChI=1S/C21H19N7O2S/c1-13-22-19(25-30-13)12-31-18-5-3-2-4-17(18)21(29)23-15-8-6-14(7-9-15)20-24-26-27-28(20)16-10-11-16/h2-9,16H,10-12H2,1H3,(H,23,29). The number of nitrogens with one attached hydrogen (secondary N) is 1. The van der Waals surface area contributed by atoms with Gasteiger partial charge >= 0.3 is 0 Å². The molecule has 1 fully saturated rings. The summed E-state index contributed by atoms with van der Waals surface area (Å²) in [5, 5.41) is 18.9. The number of anilines is 1. The van der Waals surface area contributed by atoms with Gasteiger partial charge in [0.05, 0.1) is 17.4 Å². The summed E-state index contributed by atoms with van der Waals surface area (Å²) >= 11 is 1.49. The first-order valence-corrected chi connectivity index (χ1v) is 10.9. The van der Waals surface area contributed by atoms with Crippen LogP contribution in [0.15, 0.2) is 57.9 Å². The van der Waals surface area contributed by atoms with Gasteiger partial charge in [0.1, 0.15) is 0 Å². The van der Waals surface area contributed by atoms with Gasteiger partial charge in [0.15, 0.2) is 11.6 Å². The average Bonchev–Trinajstić information content (AvgIpc) is 3.36. The van der Waals surface area contributed by atoms with E-state index in [1.54, 1.807) is 13.0 Å². The predicted molar refractivity (Wildman–Crippen MR) is 115 cm³/mol. The molecule has 5 rings (SSSR count). The molecule has 1 aliphatic carbocycles. The van der Waals surface area contributed by atoms with E-state index in [1.807, 2.05) is 47.1 Å². The van der Waals surface area contributed by atoms with Gasteiger partial charge in [-0.1, -0.05) is 17.3 Å². The molecule has 0 saturated heterocycles. The van der Waals surface area contributed by atoms with Crippen molar-refractivity contribution in [3.63, 3.8) is 0 Å². The predicted octanol–water partition coefficient (Wildman–Crippen LogP) is 3.91. The maximum absolute atomic E-state index is 12.9. The fraction of sp³-hybridized carbons (Fsp3) is 0.238. The molecule has 0 unspecified atom stereocenters. The Kier molecular flexibility index (Phi) is 5.21. The van der Waals surface area contributed by atoms with E-state index in [0.717, 1.165) is 29.1 Å². The van der Waals surface area contributed by atoms with Gasteiger partial charge in [0.25, 0.3) is 5.91 Å². The Morgan fingerprint density at radius 1 is 1.19 bits per heavy atom. The number of aryl methyl sites for hydroxylation is 1. The van der Waals surface area contributed by atoms with Crippen molar-refractivity contribution in [1.29, 1.82) is 0 Å². The lowest BCUT2D eigenvalue weighted by Gasteiger charge is -2.10. The first-order valence-electron chi connectivity index (χ1n) is 9.88. The molecule has 10 heteroatoms. The van der Waals surface area contributed by atoms with Gasteiger partial charge in [-0.3, -0.25) is 4.79 Å². The lowest BCUT2D eigenvalue weighted by molar-refractivity contribution is 0.102. The van der Waals surface area contributed by atoms with Gasteiger partial charge < -0.3 is 9.84 Å². The lowest BCUT2D eigenvalue weighted by atomic mass is 10.1. The highest BCUT2D eigenvalue weighted by Gasteiger charge is 2.28. The fourth-order valence-electron chi connectivity index (χ4n) is 3.17. The summed E-state index contributed by atoms with van der Waals surface area (Å²) < 4.78 is 6.87. The third-order valence-electron chi connectivity index (χ3n) is 4.84. The van der Waals surface area contributed by atoms with E-state index in [1.165, 1.54) is 11.8 Å². The van der Waals surface area contributed by atoms with Crippen LogP contribution in [0.2, 0.25) is 0 Å². The van der Waals surface area contributed by atoms with E-state index in [-0.39, 0.29) is 5.91 Å². The maximum Gasteiger partial charge on any atom is 0.256 e. The van der Waals surface area contributed by atoms with Crippen molar-refractivity contribution in [3.8, 4) is 11.4 Å². The number of tetrazole rings is 1. The SMILES string of the molecule is Cc1nc(CSc2ccccc2C(=O)Nc2ccc(-c3nnnn3C3CC3)cc2)no1. The Morgan fingerprint density at radius 3 is 2.74 bits per heavy atom. The number of hydrogen-bond acceptors (Lipinski definition) is 8. The number of hydrogen-bond donors (Lipinski definition) is 1. The van der Waals surface area contributed by atoms with Crippen LogP contribution >= 0.6 is 11.8 Å². The molecule has 0 radical (unpaired) electrons. The second-order valence-corrected chi connectivity index (χ2v) is 8.24. The Balaban J connectivity index is 1.28. The lowest BCUT2D eigenvalue weighted by Crippen LogP contribution is -2.13. The highest BCUT2D eigenvalue weighted by Crippen LogP contribution is 2.36. The van der Waals surface area contributed by atoms with Crippen LogP contribution in [0.4, 0.5) is 5.69 Å². The summed E-state index contributed by atoms with van der Waals surface area (Å²) in [6, 6.07) is 15.4. The molecule has 9 nitrogen and oxygen atoms in total. The molecule has 4 aromatic rings. The van der Waals surface area contributed by atoms with E-state index in [4.69, 9.17) is 4.52 Å². The Labute approximate surface area is 182 Å². The second kappa shape index (κ2) is 8.31. The molecule has 1 N–H and O–H groups in total. The largest absolute Gasteiger partial charge is 0.340 e. The normalized spacial score (nSPS) is 13.3. The van der Waals surface area contributed by atoms with Gasteiger partial charge in [0, 0.05) is 23.1 Å². The quantitative estimate of drug-likeness (QED) is 0.437. The van der Waals surface area contributed by atoms with Gasteiger partial charge in [0.2, 0.25) is 5.89 Å². The van der Waals surface area contributed by atoms with Crippen LogP contribution in [0.1, 0.15) is 41.0 Å². The van der Waals surface area contributed by atoms with Gasteiger partial charge in [-0.25, -0.2) is 4.68 Å². The fourth-order valence-corrected chi connectivity index (χ4v) is 4.06. The van der Waals surface area contributed by atoms with Crippen molar-refractivity contribution in [1.82, 2.24) is 30.3 Å². The molecule has 2 aromatic heterocycles. The van der Waals surface area contributed by atoms with Gasteiger partial charge in [-0.05, 0) is 59.7 Å². The number of carbonyl (C=O) groups excluding carboxylic acids is 1. The monoisotopic (exact) mass is 433 g/mol. The second-order valence-electron chi connectivity index (χ2n) is 7.22. The minimum atomic E-state index is -0.178. The summed E-state index contributed by atoms with van der Waals surface area (Å²) in [5.74, 6) is 2.21. The zero-order valence-electron chi connectivity index (χ0n) is 16.7. The molecule has 0 atom stereocenters. The summed E-state index contributed by atoms with van der Waals surface area (Å²) in [6.07, 6.45) is 2.21. The smallest absolute Gasteiger partial charge is 0.256 e. The Hall–Kier alpha value is -3.53. The molecule has 0 bridgehead atoms. The Bertz CT molecular complexity index is 1210. The molecule has 0 spiro atoms. The zero-order chi connectivity index (χ0) is 21.2. The van der Waals surface area contributed by atoms with Crippen LogP contribution in [0.5, 0.6) is 0 Å². The van der Waals surface area contributed by atoms with E-state index >= 15 is 0 Å². The van der Waals surface area contributed by atoms with Gasteiger partial charge in [-0.15, -0.1) is 16.9 Å². The van der Waals surface area contributed by atoms with Crippen molar-refractivity contribution < 1.29 is 9.32 Å². The van der Waals surface area contributed by atoms with Crippen LogP contribution in [0, 0.1) is 6.92 Å². The zero-order valence-corrected chi connectivity index (χ0v) is 17.5.